The Balaban J connectivity index is 2.26. The van der Waals surface area contributed by atoms with Crippen LogP contribution in [0.4, 0.5) is 5.69 Å². The molecule has 0 fully saturated rings. The molecule has 0 radical (unpaired) electrons. The van der Waals surface area contributed by atoms with Gasteiger partial charge in [0.25, 0.3) is 0 Å². The summed E-state index contributed by atoms with van der Waals surface area (Å²) < 4.78 is 6.96. The molecule has 0 saturated heterocycles. The molecule has 0 aliphatic heterocycles. The maximum Gasteiger partial charge on any atom is 0.228 e. The van der Waals surface area contributed by atoms with Gasteiger partial charge in [-0.05, 0) is 73.3 Å². The molecule has 1 atom stereocenters. The first-order valence-electron chi connectivity index (χ1n) is 8.47. The topological polar surface area (TPSA) is 37.7 Å². The zero-order chi connectivity index (χ0) is 18.6. The first-order valence-corrected chi connectivity index (χ1v) is 9.27. The highest BCUT2D eigenvalue weighted by atomic mass is 79.9. The SMILES string of the molecule is CCN(C)/C=N/c1cc(Br)c(OC(C)c2c(C)cccc2C)nc1C. The Bertz CT molecular complexity index is 754. The number of benzene rings is 1. The van der Waals surface area contributed by atoms with E-state index in [0.717, 1.165) is 22.4 Å². The third-order valence-corrected chi connectivity index (χ3v) is 4.81. The second kappa shape index (κ2) is 8.48. The molecule has 1 unspecified atom stereocenters. The van der Waals surface area contributed by atoms with Crippen molar-refractivity contribution in [3.63, 3.8) is 0 Å². The molecule has 1 aromatic carbocycles. The highest BCUT2D eigenvalue weighted by Gasteiger charge is 2.16. The van der Waals surface area contributed by atoms with Crippen molar-refractivity contribution in [2.75, 3.05) is 13.6 Å². The van der Waals surface area contributed by atoms with Gasteiger partial charge in [-0.1, -0.05) is 18.2 Å². The molecular formula is C20H26BrN3O. The van der Waals surface area contributed by atoms with Crippen LogP contribution in [0, 0.1) is 20.8 Å². The Morgan fingerprint density at radius 2 is 1.92 bits per heavy atom. The summed E-state index contributed by atoms with van der Waals surface area (Å²) in [6, 6.07) is 8.24. The zero-order valence-corrected chi connectivity index (χ0v) is 17.4. The Morgan fingerprint density at radius 3 is 2.52 bits per heavy atom. The standard InChI is InChI=1S/C20H26BrN3O/c1-7-24(6)12-22-18-11-17(21)20(23-15(18)4)25-16(5)19-13(2)9-8-10-14(19)3/h8-12,16H,7H2,1-6H3/b22-12+. The van der Waals surface area contributed by atoms with Crippen molar-refractivity contribution in [3.05, 3.63) is 51.1 Å². The lowest BCUT2D eigenvalue weighted by atomic mass is 9.99. The van der Waals surface area contributed by atoms with Gasteiger partial charge in [-0.3, -0.25) is 0 Å². The molecule has 1 aromatic heterocycles. The lowest BCUT2D eigenvalue weighted by molar-refractivity contribution is 0.214. The predicted molar refractivity (Wildman–Crippen MR) is 108 cm³/mol. The minimum Gasteiger partial charge on any atom is -0.469 e. The van der Waals surface area contributed by atoms with E-state index in [1.807, 2.05) is 31.3 Å². The van der Waals surface area contributed by atoms with Crippen LogP contribution in [0.5, 0.6) is 5.88 Å². The van der Waals surface area contributed by atoms with Crippen molar-refractivity contribution in [1.29, 1.82) is 0 Å². The van der Waals surface area contributed by atoms with Crippen molar-refractivity contribution >= 4 is 28.0 Å². The van der Waals surface area contributed by atoms with Gasteiger partial charge in [0, 0.05) is 13.6 Å². The van der Waals surface area contributed by atoms with Crippen LogP contribution in [-0.4, -0.2) is 29.8 Å². The molecule has 0 aliphatic rings. The molecule has 0 amide bonds. The fourth-order valence-corrected chi connectivity index (χ4v) is 3.10. The van der Waals surface area contributed by atoms with Crippen LogP contribution in [0.15, 0.2) is 33.7 Å². The molecule has 2 rings (SSSR count). The number of rotatable bonds is 6. The number of ether oxygens (including phenoxy) is 1. The normalized spacial score (nSPS) is 12.4. The van der Waals surface area contributed by atoms with Crippen LogP contribution >= 0.6 is 15.9 Å². The van der Waals surface area contributed by atoms with Gasteiger partial charge in [-0.15, -0.1) is 0 Å². The smallest absolute Gasteiger partial charge is 0.228 e. The monoisotopic (exact) mass is 403 g/mol. The van der Waals surface area contributed by atoms with Crippen LogP contribution in [0.2, 0.25) is 0 Å². The van der Waals surface area contributed by atoms with E-state index in [1.165, 1.54) is 16.7 Å². The maximum atomic E-state index is 6.16. The van der Waals surface area contributed by atoms with Gasteiger partial charge >= 0.3 is 0 Å². The number of hydrogen-bond donors (Lipinski definition) is 0. The zero-order valence-electron chi connectivity index (χ0n) is 15.8. The molecular weight excluding hydrogens is 378 g/mol. The summed E-state index contributed by atoms with van der Waals surface area (Å²) in [7, 11) is 1.99. The summed E-state index contributed by atoms with van der Waals surface area (Å²) in [6.45, 7) is 11.2. The average molecular weight is 404 g/mol. The van der Waals surface area contributed by atoms with E-state index < -0.39 is 0 Å². The summed E-state index contributed by atoms with van der Waals surface area (Å²) in [5, 5.41) is 0. The first kappa shape index (κ1) is 19.4. The number of aliphatic imine (C=N–C) groups is 1. The van der Waals surface area contributed by atoms with Crippen LogP contribution in [0.1, 0.15) is 42.3 Å². The third kappa shape index (κ3) is 4.82. The minimum absolute atomic E-state index is 0.0787. The lowest BCUT2D eigenvalue weighted by Gasteiger charge is -2.20. The van der Waals surface area contributed by atoms with Gasteiger partial charge in [0.1, 0.15) is 6.10 Å². The molecule has 25 heavy (non-hydrogen) atoms. The second-order valence-electron chi connectivity index (χ2n) is 6.26. The largest absolute Gasteiger partial charge is 0.469 e. The van der Waals surface area contributed by atoms with E-state index in [-0.39, 0.29) is 6.10 Å². The van der Waals surface area contributed by atoms with Gasteiger partial charge in [-0.25, -0.2) is 9.98 Å². The van der Waals surface area contributed by atoms with E-state index in [1.54, 1.807) is 0 Å². The van der Waals surface area contributed by atoms with Crippen molar-refractivity contribution in [2.24, 2.45) is 4.99 Å². The number of aromatic nitrogens is 1. The van der Waals surface area contributed by atoms with Crippen LogP contribution < -0.4 is 4.74 Å². The van der Waals surface area contributed by atoms with Crippen LogP contribution in [0.25, 0.3) is 0 Å². The Kier molecular flexibility index (Phi) is 6.59. The van der Waals surface area contributed by atoms with Crippen molar-refractivity contribution in [1.82, 2.24) is 9.88 Å². The number of pyridine rings is 1. The fourth-order valence-electron chi connectivity index (χ4n) is 2.70. The second-order valence-corrected chi connectivity index (χ2v) is 7.12. The Labute approximate surface area is 159 Å². The van der Waals surface area contributed by atoms with Crippen LogP contribution in [0.3, 0.4) is 0 Å². The number of halogens is 1. The first-order chi connectivity index (χ1) is 11.8. The molecule has 0 aliphatic carbocycles. The third-order valence-electron chi connectivity index (χ3n) is 4.24. The van der Waals surface area contributed by atoms with Crippen molar-refractivity contribution in [3.8, 4) is 5.88 Å². The summed E-state index contributed by atoms with van der Waals surface area (Å²) in [6.07, 6.45) is 1.74. The van der Waals surface area contributed by atoms with Gasteiger partial charge in [0.05, 0.1) is 22.2 Å². The maximum absolute atomic E-state index is 6.16. The summed E-state index contributed by atoms with van der Waals surface area (Å²) in [5.74, 6) is 0.593. The molecule has 1 heterocycles. The lowest BCUT2D eigenvalue weighted by Crippen LogP contribution is -2.14. The number of nitrogens with zero attached hydrogens (tertiary/aromatic N) is 3. The summed E-state index contributed by atoms with van der Waals surface area (Å²) >= 11 is 3.57. The molecule has 0 N–H and O–H groups in total. The van der Waals surface area contributed by atoms with E-state index in [4.69, 9.17) is 4.74 Å². The van der Waals surface area contributed by atoms with E-state index in [2.05, 4.69) is 71.8 Å². The Morgan fingerprint density at radius 1 is 1.28 bits per heavy atom. The highest BCUT2D eigenvalue weighted by molar-refractivity contribution is 9.10. The van der Waals surface area contributed by atoms with Gasteiger partial charge in [-0.2, -0.15) is 0 Å². The van der Waals surface area contributed by atoms with Gasteiger partial charge in [0.15, 0.2) is 0 Å². The molecule has 5 heteroatoms. The van der Waals surface area contributed by atoms with Crippen LogP contribution in [-0.2, 0) is 0 Å². The van der Waals surface area contributed by atoms with Crippen molar-refractivity contribution < 1.29 is 4.74 Å². The molecule has 0 saturated carbocycles. The van der Waals surface area contributed by atoms with E-state index >= 15 is 0 Å². The quantitative estimate of drug-likeness (QED) is 0.470. The van der Waals surface area contributed by atoms with Gasteiger partial charge < -0.3 is 9.64 Å². The summed E-state index contributed by atoms with van der Waals surface area (Å²) in [5.41, 5.74) is 5.33. The van der Waals surface area contributed by atoms with Gasteiger partial charge in [0.2, 0.25) is 5.88 Å². The number of hydrogen-bond acceptors (Lipinski definition) is 3. The molecule has 134 valence electrons. The molecule has 4 nitrogen and oxygen atoms in total. The predicted octanol–water partition coefficient (Wildman–Crippen LogP) is 5.52. The van der Waals surface area contributed by atoms with E-state index in [0.29, 0.717) is 5.88 Å². The number of aryl methyl sites for hydroxylation is 3. The molecule has 0 bridgehead atoms. The van der Waals surface area contributed by atoms with E-state index in [9.17, 15) is 0 Å². The fraction of sp³-hybridized carbons (Fsp3) is 0.400. The highest BCUT2D eigenvalue weighted by Crippen LogP contribution is 2.33. The summed E-state index contributed by atoms with van der Waals surface area (Å²) in [4.78, 5) is 11.1. The average Bonchev–Trinajstić information content (AvgIpc) is 2.56. The Hall–Kier alpha value is -1.88. The van der Waals surface area contributed by atoms with Crippen molar-refractivity contribution in [2.45, 2.75) is 40.7 Å². The minimum atomic E-state index is -0.0787. The molecule has 0 spiro atoms. The molecule has 2 aromatic rings.